The summed E-state index contributed by atoms with van der Waals surface area (Å²) >= 11 is 7.35. The van der Waals surface area contributed by atoms with E-state index in [9.17, 15) is 0 Å². The second-order valence-corrected chi connectivity index (χ2v) is 6.97. The molecule has 0 aliphatic carbocycles. The third-order valence-electron chi connectivity index (χ3n) is 3.61. The Labute approximate surface area is 128 Å². The van der Waals surface area contributed by atoms with Crippen LogP contribution in [0.1, 0.15) is 44.9 Å². The Morgan fingerprint density at radius 2 is 1.72 bits per heavy atom. The number of nitrogens with one attached hydrogen (secondary N) is 1. The zero-order chi connectivity index (χ0) is 13.9. The lowest BCUT2D eigenvalue weighted by Gasteiger charge is -2.29. The van der Waals surface area contributed by atoms with Crippen LogP contribution < -0.4 is 5.32 Å². The van der Waals surface area contributed by atoms with Crippen LogP contribution in [0.3, 0.4) is 0 Å². The topological polar surface area (TPSA) is 12.0 Å². The smallest absolute Gasteiger partial charge is 0.0359 e. The highest BCUT2D eigenvalue weighted by Gasteiger charge is 2.23. The maximum absolute atomic E-state index is 3.71. The SMILES string of the molecule is CCNC(c1cc(Br)c(C)cc1Br)C(C)C(C)C. The van der Waals surface area contributed by atoms with Crippen molar-refractivity contribution in [2.24, 2.45) is 11.8 Å². The summed E-state index contributed by atoms with van der Waals surface area (Å²) in [4.78, 5) is 0. The Morgan fingerprint density at radius 1 is 1.11 bits per heavy atom. The molecule has 1 N–H and O–H groups in total. The Hall–Kier alpha value is 0.140. The molecule has 0 fully saturated rings. The first-order valence-corrected chi connectivity index (χ1v) is 8.16. The number of aryl methyl sites for hydroxylation is 1. The van der Waals surface area contributed by atoms with E-state index in [2.05, 4.69) is 83.9 Å². The summed E-state index contributed by atoms with van der Waals surface area (Å²) in [5.74, 6) is 1.25. The van der Waals surface area contributed by atoms with Crippen LogP contribution in [0.25, 0.3) is 0 Å². The van der Waals surface area contributed by atoms with E-state index in [0.717, 1.165) is 6.54 Å². The summed E-state index contributed by atoms with van der Waals surface area (Å²) in [5, 5.41) is 3.62. The second-order valence-electron chi connectivity index (χ2n) is 5.26. The molecular formula is C15H23Br2N. The van der Waals surface area contributed by atoms with Gasteiger partial charge in [-0.15, -0.1) is 0 Å². The van der Waals surface area contributed by atoms with Crippen LogP contribution in [-0.2, 0) is 0 Å². The van der Waals surface area contributed by atoms with Crippen molar-refractivity contribution >= 4 is 31.9 Å². The van der Waals surface area contributed by atoms with E-state index >= 15 is 0 Å². The van der Waals surface area contributed by atoms with Crippen LogP contribution in [0.2, 0.25) is 0 Å². The molecule has 1 nitrogen and oxygen atoms in total. The van der Waals surface area contributed by atoms with Crippen molar-refractivity contribution in [2.45, 2.75) is 40.7 Å². The van der Waals surface area contributed by atoms with Crippen LogP contribution >= 0.6 is 31.9 Å². The first-order valence-electron chi connectivity index (χ1n) is 6.57. The molecule has 3 heteroatoms. The molecular weight excluding hydrogens is 354 g/mol. The summed E-state index contributed by atoms with van der Waals surface area (Å²) in [6.45, 7) is 12.2. The fraction of sp³-hybridized carbons (Fsp3) is 0.600. The van der Waals surface area contributed by atoms with E-state index in [-0.39, 0.29) is 0 Å². The van der Waals surface area contributed by atoms with Gasteiger partial charge in [0.25, 0.3) is 0 Å². The van der Waals surface area contributed by atoms with Gasteiger partial charge in [-0.3, -0.25) is 0 Å². The normalized spacial score (nSPS) is 14.9. The van der Waals surface area contributed by atoms with Crippen LogP contribution in [0.4, 0.5) is 0 Å². The van der Waals surface area contributed by atoms with E-state index in [4.69, 9.17) is 0 Å². The molecule has 0 aliphatic rings. The molecule has 0 aliphatic heterocycles. The summed E-state index contributed by atoms with van der Waals surface area (Å²) in [7, 11) is 0. The van der Waals surface area contributed by atoms with Crippen LogP contribution in [-0.4, -0.2) is 6.54 Å². The minimum absolute atomic E-state index is 0.390. The predicted molar refractivity (Wildman–Crippen MR) is 87.0 cm³/mol. The van der Waals surface area contributed by atoms with Crippen LogP contribution in [0.15, 0.2) is 21.1 Å². The lowest BCUT2D eigenvalue weighted by molar-refractivity contribution is 0.306. The van der Waals surface area contributed by atoms with E-state index in [0.29, 0.717) is 17.9 Å². The summed E-state index contributed by atoms with van der Waals surface area (Å²) < 4.78 is 2.38. The Balaban J connectivity index is 3.17. The fourth-order valence-electron chi connectivity index (χ4n) is 2.08. The predicted octanol–water partition coefficient (Wildman–Crippen LogP) is 5.46. The van der Waals surface area contributed by atoms with Gasteiger partial charge in [0.1, 0.15) is 0 Å². The highest BCUT2D eigenvalue weighted by Crippen LogP contribution is 2.35. The number of hydrogen-bond acceptors (Lipinski definition) is 1. The van der Waals surface area contributed by atoms with Crippen molar-refractivity contribution in [3.63, 3.8) is 0 Å². The summed E-state index contributed by atoms with van der Waals surface area (Å²) in [6.07, 6.45) is 0. The van der Waals surface area contributed by atoms with Gasteiger partial charge in [-0.2, -0.15) is 0 Å². The molecule has 2 unspecified atom stereocenters. The quantitative estimate of drug-likeness (QED) is 0.718. The molecule has 18 heavy (non-hydrogen) atoms. The number of benzene rings is 1. The average Bonchev–Trinajstić information content (AvgIpc) is 2.30. The monoisotopic (exact) mass is 375 g/mol. The van der Waals surface area contributed by atoms with E-state index in [1.54, 1.807) is 0 Å². The largest absolute Gasteiger partial charge is 0.310 e. The molecule has 1 aromatic rings. The van der Waals surface area contributed by atoms with Gasteiger partial charge in [-0.25, -0.2) is 0 Å². The second kappa shape index (κ2) is 7.06. The van der Waals surface area contributed by atoms with Gasteiger partial charge in [0, 0.05) is 15.0 Å². The summed E-state index contributed by atoms with van der Waals surface area (Å²) in [6, 6.07) is 4.82. The van der Waals surface area contributed by atoms with Gasteiger partial charge in [-0.05, 0) is 48.6 Å². The van der Waals surface area contributed by atoms with Crippen LogP contribution in [0.5, 0.6) is 0 Å². The maximum atomic E-state index is 3.71. The number of hydrogen-bond donors (Lipinski definition) is 1. The van der Waals surface area contributed by atoms with Crippen molar-refractivity contribution in [1.82, 2.24) is 5.32 Å². The molecule has 1 aromatic carbocycles. The first kappa shape index (κ1) is 16.2. The van der Waals surface area contributed by atoms with E-state index in [1.807, 2.05) is 0 Å². The van der Waals surface area contributed by atoms with Crippen molar-refractivity contribution < 1.29 is 0 Å². The Bertz CT molecular complexity index is 402. The van der Waals surface area contributed by atoms with Crippen LogP contribution in [0, 0.1) is 18.8 Å². The zero-order valence-corrected chi connectivity index (χ0v) is 15.0. The highest BCUT2D eigenvalue weighted by molar-refractivity contribution is 9.11. The molecule has 0 amide bonds. The minimum Gasteiger partial charge on any atom is -0.310 e. The zero-order valence-electron chi connectivity index (χ0n) is 11.8. The van der Waals surface area contributed by atoms with Gasteiger partial charge in [0.15, 0.2) is 0 Å². The number of halogens is 2. The Morgan fingerprint density at radius 3 is 2.22 bits per heavy atom. The molecule has 2 atom stereocenters. The van der Waals surface area contributed by atoms with Crippen molar-refractivity contribution in [3.8, 4) is 0 Å². The third kappa shape index (κ3) is 3.82. The van der Waals surface area contributed by atoms with Gasteiger partial charge >= 0.3 is 0 Å². The molecule has 0 aromatic heterocycles. The third-order valence-corrected chi connectivity index (χ3v) is 5.16. The summed E-state index contributed by atoms with van der Waals surface area (Å²) in [5.41, 5.74) is 2.61. The Kier molecular flexibility index (Phi) is 6.36. The average molecular weight is 377 g/mol. The molecule has 1 rings (SSSR count). The van der Waals surface area contributed by atoms with E-state index in [1.165, 1.54) is 20.1 Å². The van der Waals surface area contributed by atoms with Gasteiger partial charge in [0.05, 0.1) is 0 Å². The molecule has 0 saturated heterocycles. The lowest BCUT2D eigenvalue weighted by atomic mass is 9.86. The maximum Gasteiger partial charge on any atom is 0.0359 e. The van der Waals surface area contributed by atoms with Gasteiger partial charge < -0.3 is 5.32 Å². The standard InChI is InChI=1S/C15H23Br2N/c1-6-18-15(11(5)9(2)3)12-8-13(16)10(4)7-14(12)17/h7-9,11,15,18H,6H2,1-5H3. The number of rotatable bonds is 5. The van der Waals surface area contributed by atoms with Crippen molar-refractivity contribution in [2.75, 3.05) is 6.54 Å². The van der Waals surface area contributed by atoms with Gasteiger partial charge in [-0.1, -0.05) is 59.6 Å². The minimum atomic E-state index is 0.390. The fourth-order valence-corrected chi connectivity index (χ4v) is 3.15. The molecule has 0 spiro atoms. The highest BCUT2D eigenvalue weighted by atomic mass is 79.9. The van der Waals surface area contributed by atoms with Crippen molar-refractivity contribution in [1.29, 1.82) is 0 Å². The molecule has 0 radical (unpaired) electrons. The van der Waals surface area contributed by atoms with Gasteiger partial charge in [0.2, 0.25) is 0 Å². The molecule has 0 heterocycles. The lowest BCUT2D eigenvalue weighted by Crippen LogP contribution is -2.29. The van der Waals surface area contributed by atoms with Crippen molar-refractivity contribution in [3.05, 3.63) is 32.2 Å². The molecule has 102 valence electrons. The molecule has 0 saturated carbocycles. The van der Waals surface area contributed by atoms with E-state index < -0.39 is 0 Å². The first-order chi connectivity index (χ1) is 8.38. The molecule has 0 bridgehead atoms.